The Morgan fingerprint density at radius 1 is 1.21 bits per heavy atom. The third-order valence-corrected chi connectivity index (χ3v) is 6.94. The molecule has 6 heteroatoms. The van der Waals surface area contributed by atoms with E-state index in [4.69, 9.17) is 0 Å². The summed E-state index contributed by atoms with van der Waals surface area (Å²) in [5, 5.41) is 0. The summed E-state index contributed by atoms with van der Waals surface area (Å²) in [5.74, 6) is 1.08. The fourth-order valence-electron chi connectivity index (χ4n) is 4.76. The molecule has 2 amide bonds. The minimum atomic E-state index is -0.103. The Kier molecular flexibility index (Phi) is 5.17. The number of pyridine rings is 1. The zero-order valence-electron chi connectivity index (χ0n) is 17.4. The second-order valence-electron chi connectivity index (χ2n) is 9.05. The molecule has 1 aliphatic carbocycles. The highest BCUT2D eigenvalue weighted by molar-refractivity contribution is 5.95. The lowest BCUT2D eigenvalue weighted by Crippen LogP contribution is -2.62. The fourth-order valence-corrected chi connectivity index (χ4v) is 4.76. The summed E-state index contributed by atoms with van der Waals surface area (Å²) < 4.78 is 0. The number of aryl methyl sites for hydroxylation is 2. The molecule has 3 fully saturated rings. The lowest BCUT2D eigenvalue weighted by Gasteiger charge is -2.49. The average Bonchev–Trinajstić information content (AvgIpc) is 3.49. The van der Waals surface area contributed by atoms with Crippen LogP contribution < -0.4 is 0 Å². The lowest BCUT2D eigenvalue weighted by molar-refractivity contribution is -0.130. The van der Waals surface area contributed by atoms with E-state index in [0.29, 0.717) is 24.4 Å². The standard InChI is InChI=1S/C22H32N4O2/c1-16-12-17(2)23-13-19(16)21(28)26-11-10-24(3)22(15-26)7-6-20(27)25(9-8-22)14-18-4-5-18/h12-13,18H,4-11,14-15H2,1-3H3. The number of hydrogen-bond donors (Lipinski definition) is 0. The molecular formula is C22H32N4O2. The zero-order valence-corrected chi connectivity index (χ0v) is 17.4. The van der Waals surface area contributed by atoms with Gasteiger partial charge in [-0.1, -0.05) is 0 Å². The van der Waals surface area contributed by atoms with Crippen molar-refractivity contribution >= 4 is 11.8 Å². The van der Waals surface area contributed by atoms with Gasteiger partial charge in [-0.05, 0) is 64.1 Å². The van der Waals surface area contributed by atoms with Crippen molar-refractivity contribution in [3.8, 4) is 0 Å². The second kappa shape index (κ2) is 7.47. The largest absolute Gasteiger partial charge is 0.342 e. The van der Waals surface area contributed by atoms with Crippen LogP contribution in [0.15, 0.2) is 12.3 Å². The van der Waals surface area contributed by atoms with Crippen molar-refractivity contribution in [3.05, 3.63) is 29.1 Å². The van der Waals surface area contributed by atoms with Crippen LogP contribution in [0, 0.1) is 19.8 Å². The minimum absolute atomic E-state index is 0.0721. The van der Waals surface area contributed by atoms with E-state index in [1.807, 2.05) is 24.8 Å². The predicted molar refractivity (Wildman–Crippen MR) is 108 cm³/mol. The Morgan fingerprint density at radius 2 is 2.00 bits per heavy atom. The van der Waals surface area contributed by atoms with Crippen LogP contribution in [0.1, 0.15) is 53.7 Å². The number of carbonyl (C=O) groups excluding carboxylic acids is 2. The summed E-state index contributed by atoms with van der Waals surface area (Å²) in [4.78, 5) is 36.7. The van der Waals surface area contributed by atoms with Crippen molar-refractivity contribution in [1.82, 2.24) is 19.7 Å². The lowest BCUT2D eigenvalue weighted by atomic mass is 9.86. The average molecular weight is 385 g/mol. The Labute approximate surface area is 167 Å². The molecular weight excluding hydrogens is 352 g/mol. The molecule has 1 aromatic rings. The summed E-state index contributed by atoms with van der Waals surface area (Å²) in [6, 6.07) is 1.97. The molecule has 0 aromatic carbocycles. The van der Waals surface area contributed by atoms with Gasteiger partial charge in [0.15, 0.2) is 0 Å². The van der Waals surface area contributed by atoms with Crippen LogP contribution in [0.2, 0.25) is 0 Å². The van der Waals surface area contributed by atoms with Gasteiger partial charge in [-0.3, -0.25) is 19.5 Å². The third kappa shape index (κ3) is 3.79. The molecule has 0 radical (unpaired) electrons. The summed E-state index contributed by atoms with van der Waals surface area (Å²) >= 11 is 0. The van der Waals surface area contributed by atoms with Crippen molar-refractivity contribution in [2.75, 3.05) is 39.8 Å². The summed E-state index contributed by atoms with van der Waals surface area (Å²) in [6.07, 6.45) is 6.60. The van der Waals surface area contributed by atoms with Gasteiger partial charge in [0.25, 0.3) is 5.91 Å². The summed E-state index contributed by atoms with van der Waals surface area (Å²) in [7, 11) is 2.15. The molecule has 0 N–H and O–H groups in total. The number of piperazine rings is 1. The smallest absolute Gasteiger partial charge is 0.255 e. The van der Waals surface area contributed by atoms with E-state index in [9.17, 15) is 9.59 Å². The second-order valence-corrected chi connectivity index (χ2v) is 9.05. The molecule has 0 bridgehead atoms. The van der Waals surface area contributed by atoms with Crippen LogP contribution in [-0.4, -0.2) is 76.8 Å². The highest BCUT2D eigenvalue weighted by Gasteiger charge is 2.44. The molecule has 2 aliphatic heterocycles. The first kappa shape index (κ1) is 19.4. The molecule has 2 saturated heterocycles. The normalized spacial score (nSPS) is 26.6. The highest BCUT2D eigenvalue weighted by atomic mass is 16.2. The van der Waals surface area contributed by atoms with Crippen LogP contribution in [0.4, 0.5) is 0 Å². The Hall–Kier alpha value is -1.95. The molecule has 3 heterocycles. The zero-order chi connectivity index (χ0) is 19.9. The fraction of sp³-hybridized carbons (Fsp3) is 0.682. The number of aromatic nitrogens is 1. The first-order valence-corrected chi connectivity index (χ1v) is 10.6. The van der Waals surface area contributed by atoms with Crippen molar-refractivity contribution in [3.63, 3.8) is 0 Å². The van der Waals surface area contributed by atoms with Crippen molar-refractivity contribution in [2.45, 2.75) is 51.5 Å². The quantitative estimate of drug-likeness (QED) is 0.802. The number of nitrogens with zero attached hydrogens (tertiary/aromatic N) is 4. The number of hydrogen-bond acceptors (Lipinski definition) is 4. The van der Waals surface area contributed by atoms with Crippen molar-refractivity contribution in [2.24, 2.45) is 5.92 Å². The molecule has 3 aliphatic rings. The van der Waals surface area contributed by atoms with E-state index >= 15 is 0 Å². The Bertz CT molecular complexity index is 776. The highest BCUT2D eigenvalue weighted by Crippen LogP contribution is 2.35. The van der Waals surface area contributed by atoms with Gasteiger partial charge in [-0.25, -0.2) is 0 Å². The summed E-state index contributed by atoms with van der Waals surface area (Å²) in [6.45, 7) is 7.93. The maximum atomic E-state index is 13.2. The molecule has 6 nitrogen and oxygen atoms in total. The van der Waals surface area contributed by atoms with E-state index in [0.717, 1.165) is 56.2 Å². The number of carbonyl (C=O) groups is 2. The van der Waals surface area contributed by atoms with Gasteiger partial charge in [0.05, 0.1) is 5.56 Å². The van der Waals surface area contributed by atoms with Gasteiger partial charge in [-0.15, -0.1) is 0 Å². The number of likely N-dealkylation sites (tertiary alicyclic amines) is 1. The number of likely N-dealkylation sites (N-methyl/N-ethyl adjacent to an activating group) is 1. The van der Waals surface area contributed by atoms with Crippen LogP contribution in [0.5, 0.6) is 0 Å². The minimum Gasteiger partial charge on any atom is -0.342 e. The molecule has 1 unspecified atom stereocenters. The van der Waals surface area contributed by atoms with Crippen LogP contribution in [0.25, 0.3) is 0 Å². The van der Waals surface area contributed by atoms with Gasteiger partial charge in [0.2, 0.25) is 5.91 Å². The maximum Gasteiger partial charge on any atom is 0.255 e. The first-order chi connectivity index (χ1) is 13.4. The predicted octanol–water partition coefficient (Wildman–Crippen LogP) is 2.25. The number of amides is 2. The van der Waals surface area contributed by atoms with Gasteiger partial charge < -0.3 is 9.80 Å². The van der Waals surface area contributed by atoms with E-state index in [1.54, 1.807) is 6.20 Å². The van der Waals surface area contributed by atoms with Gasteiger partial charge >= 0.3 is 0 Å². The molecule has 1 spiro atoms. The first-order valence-electron chi connectivity index (χ1n) is 10.6. The monoisotopic (exact) mass is 384 g/mol. The van der Waals surface area contributed by atoms with E-state index in [1.165, 1.54) is 12.8 Å². The summed E-state index contributed by atoms with van der Waals surface area (Å²) in [5.41, 5.74) is 2.51. The maximum absolute atomic E-state index is 13.2. The topological polar surface area (TPSA) is 56.8 Å². The van der Waals surface area contributed by atoms with Crippen LogP contribution in [0.3, 0.4) is 0 Å². The van der Waals surface area contributed by atoms with Gasteiger partial charge in [0, 0.05) is 56.6 Å². The molecule has 152 valence electrons. The Balaban J connectivity index is 1.50. The van der Waals surface area contributed by atoms with Crippen LogP contribution in [-0.2, 0) is 4.79 Å². The molecule has 28 heavy (non-hydrogen) atoms. The van der Waals surface area contributed by atoms with E-state index in [2.05, 4.69) is 21.8 Å². The SMILES string of the molecule is Cc1cc(C)c(C(=O)N2CCN(C)C3(CCC(=O)N(CC4CC4)CC3)C2)cn1. The Morgan fingerprint density at radius 3 is 2.71 bits per heavy atom. The third-order valence-electron chi connectivity index (χ3n) is 6.94. The number of rotatable bonds is 3. The molecule has 1 saturated carbocycles. The molecule has 4 rings (SSSR count). The van der Waals surface area contributed by atoms with E-state index in [-0.39, 0.29) is 11.4 Å². The molecule has 1 aromatic heterocycles. The van der Waals surface area contributed by atoms with Crippen LogP contribution >= 0.6 is 0 Å². The van der Waals surface area contributed by atoms with E-state index < -0.39 is 0 Å². The van der Waals surface area contributed by atoms with Gasteiger partial charge in [0.1, 0.15) is 0 Å². The van der Waals surface area contributed by atoms with Crippen molar-refractivity contribution in [1.29, 1.82) is 0 Å². The van der Waals surface area contributed by atoms with Crippen molar-refractivity contribution < 1.29 is 9.59 Å². The van der Waals surface area contributed by atoms with Gasteiger partial charge in [-0.2, -0.15) is 0 Å². The molecule has 1 atom stereocenters.